The number of hydroxylamine groups is 1. The summed E-state index contributed by atoms with van der Waals surface area (Å²) in [6.07, 6.45) is 2.85. The van der Waals surface area contributed by atoms with Gasteiger partial charge in [-0.3, -0.25) is 14.8 Å². The zero-order valence-electron chi connectivity index (χ0n) is 17.4. The zero-order chi connectivity index (χ0) is 20.6. The molecule has 2 aliphatic heterocycles. The van der Waals surface area contributed by atoms with Crippen LogP contribution < -0.4 is 15.7 Å². The summed E-state index contributed by atoms with van der Waals surface area (Å²) in [6, 6.07) is 8.12. The summed E-state index contributed by atoms with van der Waals surface area (Å²) >= 11 is 0. The van der Waals surface area contributed by atoms with E-state index in [-0.39, 0.29) is 11.3 Å². The van der Waals surface area contributed by atoms with Crippen molar-refractivity contribution in [3.05, 3.63) is 29.8 Å². The van der Waals surface area contributed by atoms with Gasteiger partial charge in [-0.2, -0.15) is 0 Å². The van der Waals surface area contributed by atoms with Crippen molar-refractivity contribution in [2.75, 3.05) is 37.6 Å². The Morgan fingerprint density at radius 1 is 1.14 bits per heavy atom. The second kappa shape index (κ2) is 7.95. The molecule has 7 heteroatoms. The van der Waals surface area contributed by atoms with Gasteiger partial charge in [0.2, 0.25) is 11.8 Å². The third kappa shape index (κ3) is 4.12. The van der Waals surface area contributed by atoms with E-state index in [9.17, 15) is 9.59 Å². The molecule has 7 nitrogen and oxygen atoms in total. The maximum atomic E-state index is 13.2. The maximum Gasteiger partial charge on any atom is 0.248 e. The molecular formula is C22H32N4O3. The fraction of sp³-hybridized carbons (Fsp3) is 0.636. The van der Waals surface area contributed by atoms with Crippen molar-refractivity contribution < 1.29 is 14.8 Å². The van der Waals surface area contributed by atoms with Gasteiger partial charge in [0.1, 0.15) is 0 Å². The Hall–Kier alpha value is -2.12. The highest BCUT2D eigenvalue weighted by atomic mass is 16.5. The first-order chi connectivity index (χ1) is 13.9. The summed E-state index contributed by atoms with van der Waals surface area (Å²) < 4.78 is 0. The Kier molecular flexibility index (Phi) is 5.53. The number of rotatable bonds is 4. The number of piperidine rings is 1. The van der Waals surface area contributed by atoms with Crippen molar-refractivity contribution in [2.24, 2.45) is 11.3 Å². The molecule has 1 aromatic carbocycles. The minimum Gasteiger partial charge on any atom is -0.368 e. The molecule has 2 heterocycles. The van der Waals surface area contributed by atoms with Crippen molar-refractivity contribution in [3.63, 3.8) is 0 Å². The molecule has 3 aliphatic rings. The molecule has 0 radical (unpaired) electrons. The Balaban J connectivity index is 1.37. The van der Waals surface area contributed by atoms with Crippen molar-refractivity contribution in [1.82, 2.24) is 15.7 Å². The van der Waals surface area contributed by atoms with Gasteiger partial charge in [-0.25, -0.2) is 5.48 Å². The zero-order valence-corrected chi connectivity index (χ0v) is 17.4. The van der Waals surface area contributed by atoms with Crippen molar-refractivity contribution in [2.45, 2.75) is 45.1 Å². The van der Waals surface area contributed by atoms with Gasteiger partial charge in [-0.1, -0.05) is 26.0 Å². The summed E-state index contributed by atoms with van der Waals surface area (Å²) in [4.78, 5) is 29.5. The molecule has 2 atom stereocenters. The SMILES string of the molecule is CC(C)c1ccc(N2CCN(C(=O)[C@H]3NCC4(CC4)C[C@@H]3C(=O)NO)CC2)cc1. The number of carbonyl (C=O) groups excluding carboxylic acids is 2. The molecule has 1 saturated carbocycles. The van der Waals surface area contributed by atoms with Gasteiger partial charge in [0.05, 0.1) is 12.0 Å². The molecule has 4 rings (SSSR count). The minimum absolute atomic E-state index is 0.0242. The minimum atomic E-state index is -0.551. The Morgan fingerprint density at radius 3 is 2.34 bits per heavy atom. The van der Waals surface area contributed by atoms with Gasteiger partial charge >= 0.3 is 0 Å². The predicted octanol–water partition coefficient (Wildman–Crippen LogP) is 1.72. The lowest BCUT2D eigenvalue weighted by atomic mass is 9.81. The number of anilines is 1. The summed E-state index contributed by atoms with van der Waals surface area (Å²) in [5.74, 6) is -0.472. The highest BCUT2D eigenvalue weighted by molar-refractivity contribution is 5.90. The maximum absolute atomic E-state index is 13.2. The fourth-order valence-corrected chi connectivity index (χ4v) is 4.72. The molecule has 2 saturated heterocycles. The van der Waals surface area contributed by atoms with Crippen LogP contribution in [0.4, 0.5) is 5.69 Å². The summed E-state index contributed by atoms with van der Waals surface area (Å²) in [5, 5.41) is 12.5. The molecule has 1 aromatic rings. The van der Waals surface area contributed by atoms with Crippen LogP contribution in [0.2, 0.25) is 0 Å². The second-order valence-electron chi connectivity index (χ2n) is 9.20. The monoisotopic (exact) mass is 400 g/mol. The number of carbonyl (C=O) groups is 2. The highest BCUT2D eigenvalue weighted by Crippen LogP contribution is 2.52. The largest absolute Gasteiger partial charge is 0.368 e. The number of hydrogen-bond acceptors (Lipinski definition) is 5. The molecule has 158 valence electrons. The van der Waals surface area contributed by atoms with Gasteiger partial charge in [-0.05, 0) is 48.3 Å². The molecule has 0 unspecified atom stereocenters. The van der Waals surface area contributed by atoms with Gasteiger partial charge in [0.25, 0.3) is 0 Å². The van der Waals surface area contributed by atoms with Crippen LogP contribution in [0, 0.1) is 11.3 Å². The molecule has 0 bridgehead atoms. The highest BCUT2D eigenvalue weighted by Gasteiger charge is 2.52. The first-order valence-electron chi connectivity index (χ1n) is 10.7. The van der Waals surface area contributed by atoms with Gasteiger partial charge in [-0.15, -0.1) is 0 Å². The van der Waals surface area contributed by atoms with Gasteiger partial charge < -0.3 is 15.1 Å². The third-order valence-electron chi connectivity index (χ3n) is 6.94. The summed E-state index contributed by atoms with van der Waals surface area (Å²) in [5.41, 5.74) is 4.43. The lowest BCUT2D eigenvalue weighted by Gasteiger charge is -2.41. The van der Waals surface area contributed by atoms with E-state index in [1.807, 2.05) is 4.90 Å². The second-order valence-corrected chi connectivity index (χ2v) is 9.20. The molecule has 3 N–H and O–H groups in total. The standard InChI is InChI=1S/C22H32N4O3/c1-15(2)16-3-5-17(6-4-16)25-9-11-26(12-10-25)21(28)19-18(20(27)24-29)13-22(7-8-22)14-23-19/h3-6,15,18-19,23,29H,7-14H2,1-2H3,(H,24,27)/t18-,19-/m0/s1. The van der Waals surface area contributed by atoms with Crippen LogP contribution in [0.25, 0.3) is 0 Å². The Bertz CT molecular complexity index is 752. The normalized spacial score (nSPS) is 25.9. The molecule has 1 aliphatic carbocycles. The van der Waals surface area contributed by atoms with Crippen LogP contribution in [0.5, 0.6) is 0 Å². The van der Waals surface area contributed by atoms with E-state index in [1.165, 1.54) is 11.3 Å². The number of hydrogen-bond donors (Lipinski definition) is 3. The van der Waals surface area contributed by atoms with Gasteiger partial charge in [0, 0.05) is 38.4 Å². The van der Waals surface area contributed by atoms with E-state index in [4.69, 9.17) is 5.21 Å². The number of piperazine rings is 1. The van der Waals surface area contributed by atoms with Crippen molar-refractivity contribution >= 4 is 17.5 Å². The van der Waals surface area contributed by atoms with Crippen LogP contribution in [-0.4, -0.2) is 60.7 Å². The predicted molar refractivity (Wildman–Crippen MR) is 111 cm³/mol. The lowest BCUT2D eigenvalue weighted by Crippen LogP contribution is -2.61. The number of benzene rings is 1. The topological polar surface area (TPSA) is 84.9 Å². The molecule has 3 fully saturated rings. The van der Waals surface area contributed by atoms with Crippen LogP contribution in [0.1, 0.15) is 44.6 Å². The van der Waals surface area contributed by atoms with Crippen LogP contribution in [0.3, 0.4) is 0 Å². The average Bonchev–Trinajstić information content (AvgIpc) is 3.51. The van der Waals surface area contributed by atoms with E-state index in [0.29, 0.717) is 25.4 Å². The van der Waals surface area contributed by atoms with E-state index in [2.05, 4.69) is 48.3 Å². The van der Waals surface area contributed by atoms with Crippen molar-refractivity contribution in [1.29, 1.82) is 0 Å². The van der Waals surface area contributed by atoms with Crippen LogP contribution >= 0.6 is 0 Å². The lowest BCUT2D eigenvalue weighted by molar-refractivity contribution is -0.145. The fourth-order valence-electron chi connectivity index (χ4n) is 4.72. The summed E-state index contributed by atoms with van der Waals surface area (Å²) in [6.45, 7) is 7.99. The average molecular weight is 401 g/mol. The van der Waals surface area contributed by atoms with Crippen LogP contribution in [-0.2, 0) is 9.59 Å². The Morgan fingerprint density at radius 2 is 1.79 bits per heavy atom. The Labute approximate surface area is 172 Å². The third-order valence-corrected chi connectivity index (χ3v) is 6.94. The number of amides is 2. The first-order valence-corrected chi connectivity index (χ1v) is 10.7. The smallest absolute Gasteiger partial charge is 0.248 e. The summed E-state index contributed by atoms with van der Waals surface area (Å²) in [7, 11) is 0. The number of nitrogens with one attached hydrogen (secondary N) is 2. The molecular weight excluding hydrogens is 368 g/mol. The molecule has 1 spiro atoms. The van der Waals surface area contributed by atoms with E-state index >= 15 is 0 Å². The van der Waals surface area contributed by atoms with Crippen LogP contribution in [0.15, 0.2) is 24.3 Å². The number of nitrogens with zero attached hydrogens (tertiary/aromatic N) is 2. The van der Waals surface area contributed by atoms with Gasteiger partial charge in [0.15, 0.2) is 0 Å². The molecule has 29 heavy (non-hydrogen) atoms. The first kappa shape index (κ1) is 20.2. The quantitative estimate of drug-likeness (QED) is 0.529. The molecule has 0 aromatic heterocycles. The van der Waals surface area contributed by atoms with Crippen molar-refractivity contribution in [3.8, 4) is 0 Å². The van der Waals surface area contributed by atoms with E-state index in [0.717, 1.165) is 32.5 Å². The molecule has 2 amide bonds. The van der Waals surface area contributed by atoms with E-state index in [1.54, 1.807) is 5.48 Å². The van der Waals surface area contributed by atoms with E-state index < -0.39 is 17.9 Å².